The zero-order valence-electron chi connectivity index (χ0n) is 14.7. The van der Waals surface area contributed by atoms with Gasteiger partial charge in [0.15, 0.2) is 5.82 Å². The van der Waals surface area contributed by atoms with Crippen molar-refractivity contribution in [1.29, 1.82) is 0 Å². The largest absolute Gasteiger partial charge is 0.319 e. The molecule has 0 saturated heterocycles. The molecule has 0 aliphatic rings. The minimum Gasteiger partial charge on any atom is -0.319 e. The smallest absolute Gasteiger partial charge is 0.295 e. The number of aryl methyl sites for hydroxylation is 1. The van der Waals surface area contributed by atoms with Gasteiger partial charge in [-0.15, -0.1) is 5.10 Å². The zero-order chi connectivity index (χ0) is 19.7. The van der Waals surface area contributed by atoms with Gasteiger partial charge < -0.3 is 5.32 Å². The van der Waals surface area contributed by atoms with Gasteiger partial charge in [0.2, 0.25) is 5.82 Å². The van der Waals surface area contributed by atoms with E-state index in [0.29, 0.717) is 11.5 Å². The number of aromatic nitrogens is 5. The van der Waals surface area contributed by atoms with Gasteiger partial charge in [0.05, 0.1) is 5.69 Å². The summed E-state index contributed by atoms with van der Waals surface area (Å²) < 4.78 is 30.2. The highest BCUT2D eigenvalue weighted by molar-refractivity contribution is 6.01. The van der Waals surface area contributed by atoms with Crippen molar-refractivity contribution in [2.24, 2.45) is 0 Å². The SMILES string of the molecule is Cc1nc(C(=O)Nc2ccc(-n3cccn3)c(F)c2)nn1-c1ccc(F)cc1. The number of carbonyl (C=O) groups excluding carboxylic acids is 1. The molecule has 1 N–H and O–H groups in total. The quantitative estimate of drug-likeness (QED) is 0.589. The zero-order valence-corrected chi connectivity index (χ0v) is 14.7. The molecule has 0 atom stereocenters. The van der Waals surface area contributed by atoms with Crippen molar-refractivity contribution in [2.45, 2.75) is 6.92 Å². The number of nitrogens with one attached hydrogen (secondary N) is 1. The Labute approximate surface area is 158 Å². The molecule has 0 bridgehead atoms. The van der Waals surface area contributed by atoms with Gasteiger partial charge in [-0.25, -0.2) is 23.1 Å². The Morgan fingerprint density at radius 1 is 1.11 bits per heavy atom. The minimum atomic E-state index is -0.588. The number of hydrogen-bond acceptors (Lipinski definition) is 4. The summed E-state index contributed by atoms with van der Waals surface area (Å²) in [4.78, 5) is 16.6. The second-order valence-electron chi connectivity index (χ2n) is 5.94. The van der Waals surface area contributed by atoms with Crippen LogP contribution < -0.4 is 5.32 Å². The molecule has 0 fully saturated rings. The molecule has 0 aliphatic carbocycles. The van der Waals surface area contributed by atoms with Crippen molar-refractivity contribution in [1.82, 2.24) is 24.5 Å². The number of anilines is 1. The third-order valence-corrected chi connectivity index (χ3v) is 4.00. The van der Waals surface area contributed by atoms with Crippen LogP contribution in [-0.4, -0.2) is 30.5 Å². The number of nitrogens with zero attached hydrogens (tertiary/aromatic N) is 5. The van der Waals surface area contributed by atoms with Gasteiger partial charge in [-0.05, 0) is 55.5 Å². The summed E-state index contributed by atoms with van der Waals surface area (Å²) in [6, 6.07) is 11.6. The molecule has 4 rings (SSSR count). The molecule has 0 aliphatic heterocycles. The molecule has 2 heterocycles. The normalized spacial score (nSPS) is 10.8. The fraction of sp³-hybridized carbons (Fsp3) is 0.0526. The van der Waals surface area contributed by atoms with Crippen LogP contribution in [0, 0.1) is 18.6 Å². The first kappa shape index (κ1) is 17.5. The number of carbonyl (C=O) groups is 1. The van der Waals surface area contributed by atoms with Crippen molar-refractivity contribution in [3.63, 3.8) is 0 Å². The van der Waals surface area contributed by atoms with E-state index < -0.39 is 11.7 Å². The molecule has 7 nitrogen and oxygen atoms in total. The Morgan fingerprint density at radius 2 is 1.89 bits per heavy atom. The predicted molar refractivity (Wildman–Crippen MR) is 97.5 cm³/mol. The predicted octanol–water partition coefficient (Wildman–Crippen LogP) is 3.29. The third kappa shape index (κ3) is 3.37. The molecular weight excluding hydrogens is 366 g/mol. The summed E-state index contributed by atoms with van der Waals surface area (Å²) in [7, 11) is 0. The van der Waals surface area contributed by atoms with Crippen LogP contribution in [0.2, 0.25) is 0 Å². The van der Waals surface area contributed by atoms with Crippen LogP contribution in [0.25, 0.3) is 11.4 Å². The van der Waals surface area contributed by atoms with Crippen molar-refractivity contribution >= 4 is 11.6 Å². The highest BCUT2D eigenvalue weighted by Crippen LogP contribution is 2.18. The summed E-state index contributed by atoms with van der Waals surface area (Å²) in [6.07, 6.45) is 3.16. The van der Waals surface area contributed by atoms with Crippen LogP contribution >= 0.6 is 0 Å². The van der Waals surface area contributed by atoms with Gasteiger partial charge in [-0.3, -0.25) is 4.79 Å². The van der Waals surface area contributed by atoms with Crippen LogP contribution in [0.3, 0.4) is 0 Å². The van der Waals surface area contributed by atoms with Crippen LogP contribution in [0.5, 0.6) is 0 Å². The van der Waals surface area contributed by atoms with E-state index in [2.05, 4.69) is 20.5 Å². The van der Waals surface area contributed by atoms with Crippen molar-refractivity contribution in [3.05, 3.63) is 84.2 Å². The molecule has 1 amide bonds. The molecule has 0 unspecified atom stereocenters. The molecule has 0 spiro atoms. The first-order valence-corrected chi connectivity index (χ1v) is 8.32. The second-order valence-corrected chi connectivity index (χ2v) is 5.94. The van der Waals surface area contributed by atoms with Gasteiger partial charge >= 0.3 is 0 Å². The van der Waals surface area contributed by atoms with E-state index in [9.17, 15) is 13.6 Å². The van der Waals surface area contributed by atoms with E-state index in [0.717, 1.165) is 0 Å². The van der Waals surface area contributed by atoms with Crippen LogP contribution in [0.15, 0.2) is 60.9 Å². The summed E-state index contributed by atoms with van der Waals surface area (Å²) in [5, 5.41) is 10.7. The summed E-state index contributed by atoms with van der Waals surface area (Å²) in [5.41, 5.74) is 1.09. The van der Waals surface area contributed by atoms with E-state index in [1.165, 1.54) is 45.8 Å². The summed E-state index contributed by atoms with van der Waals surface area (Å²) in [6.45, 7) is 1.67. The summed E-state index contributed by atoms with van der Waals surface area (Å²) >= 11 is 0. The van der Waals surface area contributed by atoms with E-state index in [4.69, 9.17) is 0 Å². The highest BCUT2D eigenvalue weighted by Gasteiger charge is 2.16. The molecule has 28 heavy (non-hydrogen) atoms. The second kappa shape index (κ2) is 7.03. The highest BCUT2D eigenvalue weighted by atomic mass is 19.1. The maximum absolute atomic E-state index is 14.3. The molecule has 9 heteroatoms. The number of amides is 1. The Hall–Kier alpha value is -3.88. The number of rotatable bonds is 4. The Morgan fingerprint density at radius 3 is 2.57 bits per heavy atom. The lowest BCUT2D eigenvalue weighted by Gasteiger charge is -2.07. The van der Waals surface area contributed by atoms with Gasteiger partial charge in [0.1, 0.15) is 17.3 Å². The van der Waals surface area contributed by atoms with E-state index in [1.807, 2.05) is 0 Å². The molecule has 140 valence electrons. The average Bonchev–Trinajstić information content (AvgIpc) is 3.33. The molecule has 2 aromatic carbocycles. The fourth-order valence-corrected chi connectivity index (χ4v) is 2.68. The minimum absolute atomic E-state index is 0.0848. The maximum Gasteiger partial charge on any atom is 0.295 e. The Kier molecular flexibility index (Phi) is 4.40. The van der Waals surface area contributed by atoms with Crippen LogP contribution in [0.4, 0.5) is 14.5 Å². The molecule has 0 radical (unpaired) electrons. The standard InChI is InChI=1S/C19H14F2N6O/c1-12-23-18(25-27(12)15-6-3-13(20)4-7-15)19(28)24-14-5-8-17(16(21)11-14)26-10-2-9-22-26/h2-11H,1H3,(H,24,28). The lowest BCUT2D eigenvalue weighted by Crippen LogP contribution is -2.14. The maximum atomic E-state index is 14.3. The molecule has 4 aromatic rings. The topological polar surface area (TPSA) is 77.6 Å². The first-order chi connectivity index (χ1) is 13.5. The van der Waals surface area contributed by atoms with Crippen LogP contribution in [-0.2, 0) is 0 Å². The average molecular weight is 380 g/mol. The van der Waals surface area contributed by atoms with Gasteiger partial charge in [0, 0.05) is 18.1 Å². The lowest BCUT2D eigenvalue weighted by molar-refractivity contribution is 0.101. The monoisotopic (exact) mass is 380 g/mol. The third-order valence-electron chi connectivity index (χ3n) is 4.00. The Bertz CT molecular complexity index is 1140. The molecular formula is C19H14F2N6O. The van der Waals surface area contributed by atoms with Gasteiger partial charge in [-0.2, -0.15) is 5.10 Å². The molecule has 2 aromatic heterocycles. The Balaban J connectivity index is 1.55. The molecule has 0 saturated carbocycles. The van der Waals surface area contributed by atoms with Gasteiger partial charge in [-0.1, -0.05) is 0 Å². The van der Waals surface area contributed by atoms with Crippen molar-refractivity contribution in [2.75, 3.05) is 5.32 Å². The van der Waals surface area contributed by atoms with Crippen molar-refractivity contribution in [3.8, 4) is 11.4 Å². The van der Waals surface area contributed by atoms with Crippen LogP contribution in [0.1, 0.15) is 16.4 Å². The van der Waals surface area contributed by atoms with Crippen molar-refractivity contribution < 1.29 is 13.6 Å². The van der Waals surface area contributed by atoms with E-state index in [-0.39, 0.29) is 23.0 Å². The number of hydrogen-bond donors (Lipinski definition) is 1. The van der Waals surface area contributed by atoms with E-state index >= 15 is 0 Å². The van der Waals surface area contributed by atoms with Gasteiger partial charge in [0.25, 0.3) is 5.91 Å². The van der Waals surface area contributed by atoms with E-state index in [1.54, 1.807) is 31.5 Å². The summed E-state index contributed by atoms with van der Waals surface area (Å²) in [5.74, 6) is -1.13. The first-order valence-electron chi connectivity index (χ1n) is 8.32. The fourth-order valence-electron chi connectivity index (χ4n) is 2.68. The number of benzene rings is 2. The lowest BCUT2D eigenvalue weighted by atomic mass is 10.2. The number of halogens is 2.